The monoisotopic (exact) mass is 306 g/mol. The van der Waals surface area contributed by atoms with Crippen molar-refractivity contribution >= 4 is 17.5 Å². The average molecular weight is 307 g/mol. The van der Waals surface area contributed by atoms with Gasteiger partial charge >= 0.3 is 0 Å². The lowest BCUT2D eigenvalue weighted by molar-refractivity contribution is -0.122. The molecule has 1 amide bonds. The molecule has 1 aliphatic heterocycles. The highest BCUT2D eigenvalue weighted by Gasteiger charge is 2.20. The molecule has 1 saturated heterocycles. The Morgan fingerprint density at radius 3 is 2.57 bits per heavy atom. The maximum absolute atomic E-state index is 12.0. The van der Waals surface area contributed by atoms with Crippen LogP contribution in [0.15, 0.2) is 41.9 Å². The quantitative estimate of drug-likeness (QED) is 0.876. The van der Waals surface area contributed by atoms with Crippen molar-refractivity contribution in [3.8, 4) is 0 Å². The summed E-state index contributed by atoms with van der Waals surface area (Å²) in [5.41, 5.74) is 1.21. The number of likely N-dealkylation sites (tertiary alicyclic amines) is 1. The number of rotatable bonds is 6. The largest absolute Gasteiger partial charge is 0.353 e. The normalized spacial score (nSPS) is 16.6. The maximum Gasteiger partial charge on any atom is 0.220 e. The van der Waals surface area contributed by atoms with Gasteiger partial charge in [-0.3, -0.25) is 9.69 Å². The number of aryl methyl sites for hydroxylation is 1. The number of halogens is 1. The number of nitrogens with zero attached hydrogens (tertiary/aromatic N) is 1. The zero-order valence-electron chi connectivity index (χ0n) is 12.4. The molecule has 0 unspecified atom stereocenters. The third-order valence-electron chi connectivity index (χ3n) is 3.83. The molecule has 1 aromatic rings. The lowest BCUT2D eigenvalue weighted by Crippen LogP contribution is -2.44. The Labute approximate surface area is 132 Å². The minimum atomic E-state index is 0.152. The number of carbonyl (C=O) groups excluding carboxylic acids is 1. The Kier molecular flexibility index (Phi) is 6.27. The number of hydrogen-bond acceptors (Lipinski definition) is 2. The van der Waals surface area contributed by atoms with E-state index in [-0.39, 0.29) is 5.91 Å². The van der Waals surface area contributed by atoms with Crippen LogP contribution in [0.25, 0.3) is 0 Å². The molecule has 0 aliphatic carbocycles. The van der Waals surface area contributed by atoms with E-state index in [0.717, 1.165) is 38.9 Å². The first-order chi connectivity index (χ1) is 10.1. The van der Waals surface area contributed by atoms with E-state index in [2.05, 4.69) is 28.9 Å². The van der Waals surface area contributed by atoms with Gasteiger partial charge in [0, 0.05) is 37.1 Å². The van der Waals surface area contributed by atoms with Crippen molar-refractivity contribution in [3.63, 3.8) is 0 Å². The predicted molar refractivity (Wildman–Crippen MR) is 87.4 cm³/mol. The molecule has 1 N–H and O–H groups in total. The second-order valence-corrected chi connectivity index (χ2v) is 6.16. The van der Waals surface area contributed by atoms with Crippen molar-refractivity contribution in [2.75, 3.05) is 19.6 Å². The molecule has 3 nitrogen and oxygen atoms in total. The summed E-state index contributed by atoms with van der Waals surface area (Å²) in [6, 6.07) is 10.4. The molecule has 0 saturated carbocycles. The van der Waals surface area contributed by atoms with Crippen molar-refractivity contribution < 1.29 is 4.79 Å². The first-order valence-corrected chi connectivity index (χ1v) is 7.90. The summed E-state index contributed by atoms with van der Waals surface area (Å²) in [6.45, 7) is 6.41. The zero-order chi connectivity index (χ0) is 15.1. The predicted octanol–water partition coefficient (Wildman–Crippen LogP) is 2.95. The summed E-state index contributed by atoms with van der Waals surface area (Å²) >= 11 is 5.83. The fraction of sp³-hybridized carbons (Fsp3) is 0.471. The smallest absolute Gasteiger partial charge is 0.220 e. The summed E-state index contributed by atoms with van der Waals surface area (Å²) in [4.78, 5) is 14.3. The van der Waals surface area contributed by atoms with Gasteiger partial charge in [-0.05, 0) is 24.8 Å². The minimum Gasteiger partial charge on any atom is -0.353 e. The number of amides is 1. The second-order valence-electron chi connectivity index (χ2n) is 5.62. The molecule has 114 valence electrons. The molecule has 1 aliphatic rings. The van der Waals surface area contributed by atoms with Crippen LogP contribution in [0.2, 0.25) is 0 Å². The Bertz CT molecular complexity index is 467. The molecule has 0 aromatic heterocycles. The van der Waals surface area contributed by atoms with Crippen LogP contribution in [-0.2, 0) is 11.2 Å². The van der Waals surface area contributed by atoms with Crippen molar-refractivity contribution in [1.82, 2.24) is 10.2 Å². The summed E-state index contributed by atoms with van der Waals surface area (Å²) < 4.78 is 0. The number of nitrogens with one attached hydrogen (secondary N) is 1. The van der Waals surface area contributed by atoms with E-state index in [9.17, 15) is 4.79 Å². The van der Waals surface area contributed by atoms with E-state index in [0.29, 0.717) is 17.5 Å². The van der Waals surface area contributed by atoms with Crippen LogP contribution in [0, 0.1) is 0 Å². The molecule has 1 aromatic carbocycles. The van der Waals surface area contributed by atoms with Crippen LogP contribution in [0.1, 0.15) is 24.8 Å². The Morgan fingerprint density at radius 2 is 1.95 bits per heavy atom. The van der Waals surface area contributed by atoms with Gasteiger partial charge in [-0.1, -0.05) is 48.5 Å². The molecule has 0 bridgehead atoms. The van der Waals surface area contributed by atoms with E-state index in [4.69, 9.17) is 11.6 Å². The number of piperidine rings is 1. The van der Waals surface area contributed by atoms with Crippen molar-refractivity contribution in [2.45, 2.75) is 31.7 Å². The SMILES string of the molecule is C=C(Cl)CN1CCC(NC(=O)CCc2ccccc2)CC1. The van der Waals surface area contributed by atoms with Crippen LogP contribution in [0.4, 0.5) is 0 Å². The van der Waals surface area contributed by atoms with Gasteiger partial charge in [0.2, 0.25) is 5.91 Å². The third kappa shape index (κ3) is 5.90. The van der Waals surface area contributed by atoms with E-state index < -0.39 is 0 Å². The second kappa shape index (κ2) is 8.20. The van der Waals surface area contributed by atoms with Gasteiger partial charge in [0.15, 0.2) is 0 Å². The number of carbonyl (C=O) groups is 1. The molecular formula is C17H23ClN2O. The lowest BCUT2D eigenvalue weighted by Gasteiger charge is -2.32. The third-order valence-corrected chi connectivity index (χ3v) is 3.95. The molecule has 21 heavy (non-hydrogen) atoms. The topological polar surface area (TPSA) is 32.3 Å². The van der Waals surface area contributed by atoms with Crippen LogP contribution in [0.3, 0.4) is 0 Å². The Morgan fingerprint density at radius 1 is 1.29 bits per heavy atom. The molecule has 0 atom stereocenters. The van der Waals surface area contributed by atoms with Crippen LogP contribution >= 0.6 is 11.6 Å². The van der Waals surface area contributed by atoms with Gasteiger partial charge in [0.25, 0.3) is 0 Å². The molecule has 1 heterocycles. The molecule has 4 heteroatoms. The van der Waals surface area contributed by atoms with Crippen molar-refractivity contribution in [3.05, 3.63) is 47.5 Å². The Hall–Kier alpha value is -1.32. The van der Waals surface area contributed by atoms with Gasteiger partial charge in [-0.15, -0.1) is 0 Å². The fourth-order valence-corrected chi connectivity index (χ4v) is 2.85. The van der Waals surface area contributed by atoms with Gasteiger partial charge in [0.05, 0.1) is 0 Å². The molecular weight excluding hydrogens is 284 g/mol. The van der Waals surface area contributed by atoms with Crippen LogP contribution in [-0.4, -0.2) is 36.5 Å². The first kappa shape index (κ1) is 16.1. The van der Waals surface area contributed by atoms with Crippen molar-refractivity contribution in [2.24, 2.45) is 0 Å². The number of benzene rings is 1. The summed E-state index contributed by atoms with van der Waals surface area (Å²) in [5.74, 6) is 0.152. The van der Waals surface area contributed by atoms with Gasteiger partial charge in [-0.25, -0.2) is 0 Å². The maximum atomic E-state index is 12.0. The standard InChI is InChI=1S/C17H23ClN2O/c1-14(18)13-20-11-9-16(10-12-20)19-17(21)8-7-15-5-3-2-4-6-15/h2-6,16H,1,7-13H2,(H,19,21). The highest BCUT2D eigenvalue weighted by atomic mass is 35.5. The van der Waals surface area contributed by atoms with E-state index in [1.54, 1.807) is 0 Å². The summed E-state index contributed by atoms with van der Waals surface area (Å²) in [7, 11) is 0. The minimum absolute atomic E-state index is 0.152. The van der Waals surface area contributed by atoms with E-state index >= 15 is 0 Å². The van der Waals surface area contributed by atoms with Gasteiger partial charge in [-0.2, -0.15) is 0 Å². The van der Waals surface area contributed by atoms with Gasteiger partial charge in [0.1, 0.15) is 0 Å². The molecule has 2 rings (SSSR count). The highest BCUT2D eigenvalue weighted by Crippen LogP contribution is 2.13. The van der Waals surface area contributed by atoms with Crippen molar-refractivity contribution in [1.29, 1.82) is 0 Å². The summed E-state index contributed by atoms with van der Waals surface area (Å²) in [6.07, 6.45) is 3.34. The average Bonchev–Trinajstić information content (AvgIpc) is 2.48. The van der Waals surface area contributed by atoms with E-state index in [1.165, 1.54) is 5.56 Å². The highest BCUT2D eigenvalue weighted by molar-refractivity contribution is 6.29. The summed E-state index contributed by atoms with van der Waals surface area (Å²) in [5, 5.41) is 3.82. The van der Waals surface area contributed by atoms with Gasteiger partial charge < -0.3 is 5.32 Å². The molecule has 0 spiro atoms. The lowest BCUT2D eigenvalue weighted by atomic mass is 10.0. The van der Waals surface area contributed by atoms with E-state index in [1.807, 2.05) is 18.2 Å². The molecule has 0 radical (unpaired) electrons. The number of hydrogen-bond donors (Lipinski definition) is 1. The van der Waals surface area contributed by atoms with Crippen LogP contribution < -0.4 is 5.32 Å². The fourth-order valence-electron chi connectivity index (χ4n) is 2.68. The molecule has 1 fully saturated rings. The Balaban J connectivity index is 1.66. The van der Waals surface area contributed by atoms with Crippen LogP contribution in [0.5, 0.6) is 0 Å². The first-order valence-electron chi connectivity index (χ1n) is 7.52. The zero-order valence-corrected chi connectivity index (χ0v) is 13.1.